The molecule has 21 heavy (non-hydrogen) atoms. The molecule has 0 aromatic heterocycles. The van der Waals surface area contributed by atoms with E-state index in [0.29, 0.717) is 6.42 Å². The fourth-order valence-corrected chi connectivity index (χ4v) is 3.46. The van der Waals surface area contributed by atoms with E-state index in [-0.39, 0.29) is 23.5 Å². The highest BCUT2D eigenvalue weighted by molar-refractivity contribution is 7.89. The Kier molecular flexibility index (Phi) is 5.56. The molecule has 0 heterocycles. The summed E-state index contributed by atoms with van der Waals surface area (Å²) in [5.74, 6) is -1.02. The number of nitro groups is 1. The number of benzene rings is 1. The van der Waals surface area contributed by atoms with Gasteiger partial charge in [0.2, 0.25) is 15.8 Å². The lowest BCUT2D eigenvalue weighted by Crippen LogP contribution is -2.32. The summed E-state index contributed by atoms with van der Waals surface area (Å²) in [6.45, 7) is 6.93. The number of nitrogens with zero attached hydrogens (tertiary/aromatic N) is 2. The van der Waals surface area contributed by atoms with Crippen molar-refractivity contribution in [3.05, 3.63) is 46.3 Å². The van der Waals surface area contributed by atoms with Crippen LogP contribution >= 0.6 is 0 Å². The molecule has 0 aliphatic carbocycles. The lowest BCUT2D eigenvalue weighted by atomic mass is 10.2. The standard InChI is InChI=1S/C13H17FN2O4S/c1-4-6-15(7-5-2)21(19,20)11-8-10(3)13(14)12(9-11)16(17)18/h4,8-9H,1,5-7H2,2-3H3. The number of halogens is 1. The van der Waals surface area contributed by atoms with Crippen LogP contribution in [0.25, 0.3) is 0 Å². The summed E-state index contributed by atoms with van der Waals surface area (Å²) in [4.78, 5) is 9.60. The quantitative estimate of drug-likeness (QED) is 0.440. The van der Waals surface area contributed by atoms with Gasteiger partial charge >= 0.3 is 5.69 Å². The number of sulfonamides is 1. The summed E-state index contributed by atoms with van der Waals surface area (Å²) in [6.07, 6.45) is 2.01. The Morgan fingerprint density at radius 2 is 2.10 bits per heavy atom. The van der Waals surface area contributed by atoms with Gasteiger partial charge in [0.1, 0.15) is 0 Å². The second-order valence-electron chi connectivity index (χ2n) is 4.48. The minimum absolute atomic E-state index is 0.0837. The molecule has 1 aromatic rings. The lowest BCUT2D eigenvalue weighted by Gasteiger charge is -2.20. The van der Waals surface area contributed by atoms with Crippen molar-refractivity contribution < 1.29 is 17.7 Å². The topological polar surface area (TPSA) is 80.5 Å². The monoisotopic (exact) mass is 316 g/mol. The van der Waals surface area contributed by atoms with Gasteiger partial charge in [-0.1, -0.05) is 13.0 Å². The SMILES string of the molecule is C=CCN(CCC)S(=O)(=O)c1cc(C)c(F)c([N+](=O)[O-])c1. The molecule has 0 spiro atoms. The first-order chi connectivity index (χ1) is 9.75. The van der Waals surface area contributed by atoms with Gasteiger partial charge in [0.25, 0.3) is 0 Å². The molecule has 0 fully saturated rings. The molecule has 6 nitrogen and oxygen atoms in total. The smallest absolute Gasteiger partial charge is 0.258 e. The van der Waals surface area contributed by atoms with Gasteiger partial charge in [-0.25, -0.2) is 8.42 Å². The first kappa shape index (κ1) is 17.3. The van der Waals surface area contributed by atoms with Crippen LogP contribution in [0, 0.1) is 22.9 Å². The van der Waals surface area contributed by atoms with Gasteiger partial charge in [-0.05, 0) is 25.0 Å². The largest absolute Gasteiger partial charge is 0.306 e. The fourth-order valence-electron chi connectivity index (χ4n) is 1.85. The molecule has 1 rings (SSSR count). The molecule has 8 heteroatoms. The van der Waals surface area contributed by atoms with Crippen LogP contribution in [0.2, 0.25) is 0 Å². The zero-order valence-corrected chi connectivity index (χ0v) is 12.7. The van der Waals surface area contributed by atoms with Crippen LogP contribution < -0.4 is 0 Å². The van der Waals surface area contributed by atoms with E-state index in [9.17, 15) is 22.9 Å². The molecule has 0 N–H and O–H groups in total. The van der Waals surface area contributed by atoms with Crippen LogP contribution in [-0.4, -0.2) is 30.7 Å². The van der Waals surface area contributed by atoms with E-state index in [0.717, 1.165) is 16.4 Å². The molecule has 0 radical (unpaired) electrons. The zero-order chi connectivity index (χ0) is 16.2. The van der Waals surface area contributed by atoms with Crippen LogP contribution in [-0.2, 0) is 10.0 Å². The van der Waals surface area contributed by atoms with Crippen LogP contribution in [0.15, 0.2) is 29.7 Å². The number of aryl methyl sites for hydroxylation is 1. The third-order valence-electron chi connectivity index (χ3n) is 2.85. The number of rotatable bonds is 7. The molecule has 0 saturated heterocycles. The Morgan fingerprint density at radius 3 is 2.57 bits per heavy atom. The highest BCUT2D eigenvalue weighted by atomic mass is 32.2. The van der Waals surface area contributed by atoms with Crippen LogP contribution in [0.5, 0.6) is 0 Å². The first-order valence-corrected chi connectivity index (χ1v) is 7.75. The number of hydrogen-bond acceptors (Lipinski definition) is 4. The molecule has 0 aliphatic rings. The van der Waals surface area contributed by atoms with Gasteiger partial charge in [-0.3, -0.25) is 10.1 Å². The molecular formula is C13H17FN2O4S. The van der Waals surface area contributed by atoms with Crippen molar-refractivity contribution in [3.8, 4) is 0 Å². The third kappa shape index (κ3) is 3.64. The molecule has 0 amide bonds. The van der Waals surface area contributed by atoms with Crippen LogP contribution in [0.3, 0.4) is 0 Å². The average molecular weight is 316 g/mol. The maximum absolute atomic E-state index is 13.7. The van der Waals surface area contributed by atoms with E-state index in [1.165, 1.54) is 13.0 Å². The molecule has 0 saturated carbocycles. The molecule has 0 aliphatic heterocycles. The normalized spacial score (nSPS) is 11.6. The summed E-state index contributed by atoms with van der Waals surface area (Å²) in [5, 5.41) is 10.8. The van der Waals surface area contributed by atoms with Crippen molar-refractivity contribution >= 4 is 15.7 Å². The van der Waals surface area contributed by atoms with Crippen molar-refractivity contribution in [2.45, 2.75) is 25.2 Å². The van der Waals surface area contributed by atoms with E-state index in [4.69, 9.17) is 0 Å². The van der Waals surface area contributed by atoms with Crippen molar-refractivity contribution in [3.63, 3.8) is 0 Å². The summed E-state index contributed by atoms with van der Waals surface area (Å²) in [5.41, 5.74) is -0.929. The first-order valence-electron chi connectivity index (χ1n) is 6.31. The van der Waals surface area contributed by atoms with Crippen molar-refractivity contribution in [1.29, 1.82) is 0 Å². The number of nitro benzene ring substituents is 1. The lowest BCUT2D eigenvalue weighted by molar-refractivity contribution is -0.387. The van der Waals surface area contributed by atoms with Gasteiger partial charge in [0.15, 0.2) is 0 Å². The van der Waals surface area contributed by atoms with Gasteiger partial charge in [-0.2, -0.15) is 8.70 Å². The maximum atomic E-state index is 13.7. The Morgan fingerprint density at radius 1 is 1.48 bits per heavy atom. The van der Waals surface area contributed by atoms with E-state index in [2.05, 4.69) is 6.58 Å². The van der Waals surface area contributed by atoms with Gasteiger partial charge in [0.05, 0.1) is 9.82 Å². The average Bonchev–Trinajstić information content (AvgIpc) is 2.40. The highest BCUT2D eigenvalue weighted by Gasteiger charge is 2.27. The molecule has 0 atom stereocenters. The summed E-state index contributed by atoms with van der Waals surface area (Å²) in [6, 6.07) is 1.85. The van der Waals surface area contributed by atoms with Crippen LogP contribution in [0.4, 0.5) is 10.1 Å². The van der Waals surface area contributed by atoms with Gasteiger partial charge in [0, 0.05) is 19.2 Å². The minimum atomic E-state index is -3.93. The minimum Gasteiger partial charge on any atom is -0.258 e. The molecular weight excluding hydrogens is 299 g/mol. The van der Waals surface area contributed by atoms with E-state index >= 15 is 0 Å². The summed E-state index contributed by atoms with van der Waals surface area (Å²) < 4.78 is 39.8. The number of hydrogen-bond donors (Lipinski definition) is 0. The fraction of sp³-hybridized carbons (Fsp3) is 0.385. The van der Waals surface area contributed by atoms with Crippen LogP contribution in [0.1, 0.15) is 18.9 Å². The van der Waals surface area contributed by atoms with Gasteiger partial charge in [-0.15, -0.1) is 6.58 Å². The Labute approximate surface area is 123 Å². The predicted octanol–water partition coefficient (Wildman–Crippen LogP) is 2.63. The van der Waals surface area contributed by atoms with Crippen molar-refractivity contribution in [2.75, 3.05) is 13.1 Å². The van der Waals surface area contributed by atoms with E-state index in [1.807, 2.05) is 6.92 Å². The Hall–Kier alpha value is -1.80. The molecule has 0 bridgehead atoms. The van der Waals surface area contributed by atoms with E-state index in [1.54, 1.807) is 0 Å². The second kappa shape index (κ2) is 6.77. The second-order valence-corrected chi connectivity index (χ2v) is 6.42. The zero-order valence-electron chi connectivity index (χ0n) is 11.9. The van der Waals surface area contributed by atoms with Crippen molar-refractivity contribution in [2.24, 2.45) is 0 Å². The highest BCUT2D eigenvalue weighted by Crippen LogP contribution is 2.27. The molecule has 1 aromatic carbocycles. The van der Waals surface area contributed by atoms with Gasteiger partial charge < -0.3 is 0 Å². The predicted molar refractivity (Wildman–Crippen MR) is 77.0 cm³/mol. The third-order valence-corrected chi connectivity index (χ3v) is 4.69. The Bertz CT molecular complexity index is 658. The van der Waals surface area contributed by atoms with E-state index < -0.39 is 26.5 Å². The maximum Gasteiger partial charge on any atom is 0.306 e. The Balaban J connectivity index is 3.43. The van der Waals surface area contributed by atoms with Crippen molar-refractivity contribution in [1.82, 2.24) is 4.31 Å². The molecule has 116 valence electrons. The summed E-state index contributed by atoms with van der Waals surface area (Å²) in [7, 11) is -3.93. The summed E-state index contributed by atoms with van der Waals surface area (Å²) >= 11 is 0. The molecule has 0 unspecified atom stereocenters.